The summed E-state index contributed by atoms with van der Waals surface area (Å²) in [6.45, 7) is 11.8. The largest absolute Gasteiger partial charge is 0.393 e. The van der Waals surface area contributed by atoms with E-state index in [4.69, 9.17) is 14.2 Å². The van der Waals surface area contributed by atoms with Crippen LogP contribution in [0.15, 0.2) is 22.3 Å². The van der Waals surface area contributed by atoms with E-state index in [2.05, 4.69) is 42.7 Å². The van der Waals surface area contributed by atoms with Crippen molar-refractivity contribution in [3.8, 4) is 0 Å². The van der Waals surface area contributed by atoms with Crippen molar-refractivity contribution in [1.82, 2.24) is 0 Å². The molecule has 4 atom stereocenters. The van der Waals surface area contributed by atoms with Crippen molar-refractivity contribution in [3.05, 3.63) is 22.3 Å². The molecular formula is C19H31IO4. The van der Waals surface area contributed by atoms with Crippen LogP contribution in [0.1, 0.15) is 51.9 Å². The second kappa shape index (κ2) is 10.3. The molecule has 0 unspecified atom stereocenters. The summed E-state index contributed by atoms with van der Waals surface area (Å²) >= 11 is 2.24. The van der Waals surface area contributed by atoms with Crippen LogP contribution >= 0.6 is 22.6 Å². The first-order chi connectivity index (χ1) is 11.5. The monoisotopic (exact) mass is 450 g/mol. The van der Waals surface area contributed by atoms with Crippen LogP contribution in [0.2, 0.25) is 0 Å². The zero-order valence-corrected chi connectivity index (χ0v) is 16.9. The van der Waals surface area contributed by atoms with E-state index in [1.54, 1.807) is 0 Å². The summed E-state index contributed by atoms with van der Waals surface area (Å²) in [6, 6.07) is 0. The highest BCUT2D eigenvalue weighted by atomic mass is 127. The molecule has 0 bridgehead atoms. The highest BCUT2D eigenvalue weighted by Crippen LogP contribution is 2.32. The Morgan fingerprint density at radius 3 is 2.67 bits per heavy atom. The van der Waals surface area contributed by atoms with E-state index in [0.717, 1.165) is 67.3 Å². The van der Waals surface area contributed by atoms with Crippen LogP contribution in [-0.4, -0.2) is 42.9 Å². The first-order valence-electron chi connectivity index (χ1n) is 9.04. The number of rotatable bonds is 9. The molecular weight excluding hydrogens is 419 g/mol. The van der Waals surface area contributed by atoms with Crippen molar-refractivity contribution >= 4 is 22.6 Å². The molecule has 1 N–H and O–H groups in total. The minimum Gasteiger partial charge on any atom is -0.393 e. The third-order valence-electron chi connectivity index (χ3n) is 4.84. The molecule has 2 saturated heterocycles. The minimum absolute atomic E-state index is 0.0700. The molecule has 0 spiro atoms. The number of aliphatic hydroxyl groups is 1. The highest BCUT2D eigenvalue weighted by Gasteiger charge is 2.30. The standard InChI is InChI=1S/C19H31IO4/c1-13(15(3)20)11-16(21)5-7-18-14(2)12-17(24-18)6-8-19-22-9-4-10-23-19/h13,16-19,21H,2-12H2,1H3/t13-,16-,17+,18+/m1/s1. The molecule has 24 heavy (non-hydrogen) atoms. The number of halogens is 1. The molecule has 2 fully saturated rings. The Hall–Kier alpha value is 0.0500. The van der Waals surface area contributed by atoms with Crippen LogP contribution in [0.25, 0.3) is 0 Å². The Balaban J connectivity index is 1.65. The Kier molecular flexibility index (Phi) is 8.71. The van der Waals surface area contributed by atoms with Crippen molar-refractivity contribution < 1.29 is 19.3 Å². The zero-order valence-electron chi connectivity index (χ0n) is 14.7. The van der Waals surface area contributed by atoms with Crippen LogP contribution in [0.3, 0.4) is 0 Å². The summed E-state index contributed by atoms with van der Waals surface area (Å²) < 4.78 is 18.4. The van der Waals surface area contributed by atoms with Crippen molar-refractivity contribution in [2.24, 2.45) is 5.92 Å². The summed E-state index contributed by atoms with van der Waals surface area (Å²) in [5.74, 6) is 0.344. The summed E-state index contributed by atoms with van der Waals surface area (Å²) in [5, 5.41) is 10.2. The van der Waals surface area contributed by atoms with Gasteiger partial charge in [0.25, 0.3) is 0 Å². The Labute approximate surface area is 159 Å². The first kappa shape index (κ1) is 20.4. The second-order valence-corrected chi connectivity index (χ2v) is 8.41. The molecule has 138 valence electrons. The average molecular weight is 450 g/mol. The number of aliphatic hydroxyl groups excluding tert-OH is 1. The van der Waals surface area contributed by atoms with E-state index in [-0.39, 0.29) is 24.6 Å². The van der Waals surface area contributed by atoms with Gasteiger partial charge < -0.3 is 19.3 Å². The van der Waals surface area contributed by atoms with E-state index in [1.807, 2.05) is 0 Å². The topological polar surface area (TPSA) is 47.9 Å². The lowest BCUT2D eigenvalue weighted by molar-refractivity contribution is -0.184. The molecule has 0 aromatic rings. The number of ether oxygens (including phenoxy) is 3. The van der Waals surface area contributed by atoms with E-state index >= 15 is 0 Å². The summed E-state index contributed by atoms with van der Waals surface area (Å²) in [5.41, 5.74) is 1.16. The highest BCUT2D eigenvalue weighted by molar-refractivity contribution is 14.1. The van der Waals surface area contributed by atoms with Gasteiger partial charge in [-0.05, 0) is 76.2 Å². The van der Waals surface area contributed by atoms with Crippen LogP contribution in [-0.2, 0) is 14.2 Å². The van der Waals surface area contributed by atoms with Gasteiger partial charge >= 0.3 is 0 Å². The molecule has 0 amide bonds. The van der Waals surface area contributed by atoms with Crippen molar-refractivity contribution in [1.29, 1.82) is 0 Å². The van der Waals surface area contributed by atoms with Gasteiger partial charge in [-0.3, -0.25) is 0 Å². The summed E-state index contributed by atoms with van der Waals surface area (Å²) in [4.78, 5) is 0. The number of allylic oxidation sites excluding steroid dienone is 1. The van der Waals surface area contributed by atoms with E-state index in [0.29, 0.717) is 5.92 Å². The number of hydrogen-bond acceptors (Lipinski definition) is 4. The Bertz CT molecular complexity index is 420. The SMILES string of the molecule is C=C(I)[C@H](C)C[C@H](O)CC[C@@H]1O[C@@H](CCC2OCCCO2)CC1=C. The summed E-state index contributed by atoms with van der Waals surface area (Å²) in [6.07, 6.45) is 5.99. The van der Waals surface area contributed by atoms with Gasteiger partial charge in [-0.2, -0.15) is 0 Å². The second-order valence-electron chi connectivity index (χ2n) is 7.03. The molecule has 0 aromatic heterocycles. The predicted octanol–water partition coefficient (Wildman–Crippen LogP) is 4.36. The molecule has 0 saturated carbocycles. The quantitative estimate of drug-likeness (QED) is 0.419. The molecule has 5 heteroatoms. The lowest BCUT2D eigenvalue weighted by atomic mass is 9.97. The average Bonchev–Trinajstić information content (AvgIpc) is 2.92. The van der Waals surface area contributed by atoms with Crippen LogP contribution in [0, 0.1) is 5.92 Å². The molecule has 0 aromatic carbocycles. The predicted molar refractivity (Wildman–Crippen MR) is 104 cm³/mol. The van der Waals surface area contributed by atoms with Crippen molar-refractivity contribution in [3.63, 3.8) is 0 Å². The zero-order chi connectivity index (χ0) is 17.5. The maximum absolute atomic E-state index is 10.2. The molecule has 0 radical (unpaired) electrons. The normalized spacial score (nSPS) is 28.0. The molecule has 2 aliphatic rings. The number of hydrogen-bond donors (Lipinski definition) is 1. The molecule has 2 aliphatic heterocycles. The van der Waals surface area contributed by atoms with Crippen molar-refractivity contribution in [2.45, 2.75) is 76.5 Å². The van der Waals surface area contributed by atoms with E-state index < -0.39 is 0 Å². The van der Waals surface area contributed by atoms with Gasteiger partial charge in [-0.25, -0.2) is 0 Å². The third kappa shape index (κ3) is 6.75. The molecule has 2 rings (SSSR count). The maximum Gasteiger partial charge on any atom is 0.157 e. The fraction of sp³-hybridized carbons (Fsp3) is 0.789. The lowest BCUT2D eigenvalue weighted by Crippen LogP contribution is -2.26. The van der Waals surface area contributed by atoms with Gasteiger partial charge in [-0.1, -0.05) is 20.1 Å². The van der Waals surface area contributed by atoms with E-state index in [1.165, 1.54) is 0 Å². The fourth-order valence-electron chi connectivity index (χ4n) is 3.27. The van der Waals surface area contributed by atoms with Crippen LogP contribution in [0.5, 0.6) is 0 Å². The molecule has 0 aliphatic carbocycles. The lowest BCUT2D eigenvalue weighted by Gasteiger charge is -2.24. The third-order valence-corrected chi connectivity index (χ3v) is 5.91. The Morgan fingerprint density at radius 2 is 2.00 bits per heavy atom. The van der Waals surface area contributed by atoms with Gasteiger partial charge in [0.2, 0.25) is 0 Å². The summed E-state index contributed by atoms with van der Waals surface area (Å²) in [7, 11) is 0. The van der Waals surface area contributed by atoms with Crippen LogP contribution < -0.4 is 0 Å². The minimum atomic E-state index is -0.300. The van der Waals surface area contributed by atoms with E-state index in [9.17, 15) is 5.11 Å². The van der Waals surface area contributed by atoms with Crippen molar-refractivity contribution in [2.75, 3.05) is 13.2 Å². The fourth-order valence-corrected chi connectivity index (χ4v) is 3.52. The van der Waals surface area contributed by atoms with Gasteiger partial charge in [0.1, 0.15) is 0 Å². The smallest absolute Gasteiger partial charge is 0.157 e. The molecule has 2 heterocycles. The van der Waals surface area contributed by atoms with Gasteiger partial charge in [0.05, 0.1) is 31.5 Å². The maximum atomic E-state index is 10.2. The van der Waals surface area contributed by atoms with Gasteiger partial charge in [0, 0.05) is 6.42 Å². The first-order valence-corrected chi connectivity index (χ1v) is 10.1. The van der Waals surface area contributed by atoms with Gasteiger partial charge in [0.15, 0.2) is 6.29 Å². The Morgan fingerprint density at radius 1 is 1.29 bits per heavy atom. The van der Waals surface area contributed by atoms with Crippen LogP contribution in [0.4, 0.5) is 0 Å². The molecule has 4 nitrogen and oxygen atoms in total. The van der Waals surface area contributed by atoms with Gasteiger partial charge in [-0.15, -0.1) is 0 Å².